The van der Waals surface area contributed by atoms with Crippen LogP contribution < -0.4 is 5.32 Å². The normalized spacial score (nSPS) is 49.1. The summed E-state index contributed by atoms with van der Waals surface area (Å²) in [4.78, 5) is 27.8. The summed E-state index contributed by atoms with van der Waals surface area (Å²) >= 11 is 0. The highest BCUT2D eigenvalue weighted by atomic mass is 16.7. The van der Waals surface area contributed by atoms with Gasteiger partial charge in [-0.2, -0.15) is 0 Å². The Morgan fingerprint density at radius 1 is 0.865 bits per heavy atom. The number of aliphatic hydroxyl groups is 4. The third-order valence-electron chi connectivity index (χ3n) is 12.2. The number of Topliss-reactive ketones (excluding diaryl/α,β-unsaturated/α-hetero) is 1. The first-order valence-corrected chi connectivity index (χ1v) is 19.0. The van der Waals surface area contributed by atoms with E-state index in [-0.39, 0.29) is 43.1 Å². The quantitative estimate of drug-likeness (QED) is 0.228. The molecule has 0 bridgehead atoms. The minimum Gasteiger partial charge on any atom is -0.459 e. The number of esters is 1. The summed E-state index contributed by atoms with van der Waals surface area (Å²) in [5.74, 6) is -3.93. The highest BCUT2D eigenvalue weighted by Gasteiger charge is 2.53. The molecule has 3 aliphatic heterocycles. The number of carbonyl (C=O) groups excluding carboxylic acids is 2. The molecule has 5 N–H and O–H groups in total. The standard InChI is InChI=1S/C38H69NO13/c1-14-27-38(10,45)31(42)21(4)26(40)15-19(2)17-37(9,47-13)33(52-35-29(41)25(39-11)16-20(3)48-35)22(5)30(23(6)34(44)50-27)51-28-18-36(8,46-12)32(43)24(7)49-28/h19-25,27-33,35,39,41-43,45H,14-18H2,1-13H3/t19-,20+,21-,22-,23+,24-,25-,27+,28-,29+,30-,31+,32-,33+,35-,36+,37+,38+/m0/s1. The molecule has 3 rings (SSSR count). The number of hydrogen-bond acceptors (Lipinski definition) is 14. The summed E-state index contributed by atoms with van der Waals surface area (Å²) in [5.41, 5.74) is -4.11. The molecule has 0 aliphatic carbocycles. The zero-order valence-corrected chi connectivity index (χ0v) is 33.7. The number of cyclic esters (lactones) is 1. The Morgan fingerprint density at radius 3 is 2.04 bits per heavy atom. The summed E-state index contributed by atoms with van der Waals surface area (Å²) in [6, 6.07) is -0.320. The van der Waals surface area contributed by atoms with Crippen molar-refractivity contribution in [1.82, 2.24) is 5.32 Å². The highest BCUT2D eigenvalue weighted by molar-refractivity contribution is 5.81. The van der Waals surface area contributed by atoms with Crippen LogP contribution in [0.15, 0.2) is 0 Å². The Morgan fingerprint density at radius 2 is 1.48 bits per heavy atom. The molecule has 3 fully saturated rings. The van der Waals surface area contributed by atoms with Crippen LogP contribution in [-0.4, -0.2) is 138 Å². The second-order valence-corrected chi connectivity index (χ2v) is 16.5. The molecule has 304 valence electrons. The lowest BCUT2D eigenvalue weighted by molar-refractivity contribution is -0.317. The SMILES string of the molecule is CC[C@H]1OC(=O)[C@H](C)[C@@H](O[C@H]2C[C@@](C)(OC)[C@@H](O)[C@H](C)O2)[C@H](C)[C@@H](O[C@@H]2O[C@H](C)C[C@H](NC)[C@H]2O)[C@](C)(OC)C[C@@H](C)CC(=O)[C@H](C)[C@@H](O)[C@]1(C)O. The molecule has 0 aromatic rings. The van der Waals surface area contributed by atoms with Crippen LogP contribution in [0.5, 0.6) is 0 Å². The van der Waals surface area contributed by atoms with Crippen molar-refractivity contribution in [2.75, 3.05) is 21.3 Å². The Balaban J connectivity index is 2.21. The van der Waals surface area contributed by atoms with Gasteiger partial charge in [-0.1, -0.05) is 27.7 Å². The Kier molecular flexibility index (Phi) is 15.7. The Labute approximate surface area is 310 Å². The van der Waals surface area contributed by atoms with Crippen molar-refractivity contribution in [3.05, 3.63) is 0 Å². The summed E-state index contributed by atoms with van der Waals surface area (Å²) < 4.78 is 43.9. The number of nitrogens with one attached hydrogen (secondary N) is 1. The smallest absolute Gasteiger partial charge is 0.311 e. The molecular weight excluding hydrogens is 678 g/mol. The van der Waals surface area contributed by atoms with Crippen molar-refractivity contribution in [2.24, 2.45) is 23.7 Å². The van der Waals surface area contributed by atoms with E-state index < -0.39 is 95.8 Å². The van der Waals surface area contributed by atoms with Gasteiger partial charge in [0.15, 0.2) is 12.6 Å². The third-order valence-corrected chi connectivity index (χ3v) is 12.2. The maximum atomic E-state index is 14.2. The number of ketones is 1. The molecule has 3 heterocycles. The molecule has 0 aromatic heterocycles. The fourth-order valence-corrected chi connectivity index (χ4v) is 8.54. The van der Waals surface area contributed by atoms with E-state index in [1.807, 2.05) is 27.7 Å². The minimum absolute atomic E-state index is 0.0639. The fourth-order valence-electron chi connectivity index (χ4n) is 8.54. The lowest BCUT2D eigenvalue weighted by Crippen LogP contribution is -2.60. The van der Waals surface area contributed by atoms with E-state index in [2.05, 4.69) is 5.32 Å². The number of ether oxygens (including phenoxy) is 7. The van der Waals surface area contributed by atoms with Crippen LogP contribution in [0.2, 0.25) is 0 Å². The van der Waals surface area contributed by atoms with E-state index in [1.165, 1.54) is 14.0 Å². The Bertz CT molecular complexity index is 1170. The molecule has 3 aliphatic rings. The molecule has 14 nitrogen and oxygen atoms in total. The van der Waals surface area contributed by atoms with Gasteiger partial charge in [0.1, 0.15) is 29.7 Å². The van der Waals surface area contributed by atoms with Crippen LogP contribution in [0.3, 0.4) is 0 Å². The maximum absolute atomic E-state index is 14.2. The van der Waals surface area contributed by atoms with Gasteiger partial charge in [-0.15, -0.1) is 0 Å². The Hall–Kier alpha value is -1.30. The van der Waals surface area contributed by atoms with Crippen LogP contribution in [0.1, 0.15) is 101 Å². The van der Waals surface area contributed by atoms with Crippen LogP contribution >= 0.6 is 0 Å². The lowest BCUT2D eigenvalue weighted by atomic mass is 9.76. The third kappa shape index (κ3) is 9.73. The fraction of sp³-hybridized carbons (Fsp3) is 0.947. The summed E-state index contributed by atoms with van der Waals surface area (Å²) in [6.45, 7) is 17.3. The van der Waals surface area contributed by atoms with E-state index in [4.69, 9.17) is 33.2 Å². The average Bonchev–Trinajstić information content (AvgIpc) is 3.09. The monoisotopic (exact) mass is 747 g/mol. The van der Waals surface area contributed by atoms with E-state index in [0.717, 1.165) is 0 Å². The van der Waals surface area contributed by atoms with Gasteiger partial charge in [0.25, 0.3) is 0 Å². The predicted octanol–water partition coefficient (Wildman–Crippen LogP) is 2.49. The van der Waals surface area contributed by atoms with Gasteiger partial charge in [-0.05, 0) is 73.8 Å². The van der Waals surface area contributed by atoms with E-state index in [0.29, 0.717) is 12.8 Å². The second kappa shape index (κ2) is 18.1. The van der Waals surface area contributed by atoms with Gasteiger partial charge in [-0.25, -0.2) is 0 Å². The minimum atomic E-state index is -1.95. The molecule has 0 spiro atoms. The second-order valence-electron chi connectivity index (χ2n) is 16.5. The topological polar surface area (TPSA) is 192 Å². The molecule has 52 heavy (non-hydrogen) atoms. The molecule has 0 unspecified atom stereocenters. The number of rotatable bonds is 8. The number of methoxy groups -OCH3 is 2. The van der Waals surface area contributed by atoms with Gasteiger partial charge in [0.05, 0.1) is 47.6 Å². The van der Waals surface area contributed by atoms with Gasteiger partial charge in [-0.3, -0.25) is 9.59 Å². The summed E-state index contributed by atoms with van der Waals surface area (Å²) in [5, 5.41) is 48.5. The molecular formula is C38H69NO13. The van der Waals surface area contributed by atoms with Gasteiger partial charge in [0.2, 0.25) is 0 Å². The molecule has 0 saturated carbocycles. The van der Waals surface area contributed by atoms with Gasteiger partial charge < -0.3 is 58.9 Å². The van der Waals surface area contributed by atoms with Gasteiger partial charge >= 0.3 is 5.97 Å². The van der Waals surface area contributed by atoms with Crippen LogP contribution in [0, 0.1) is 23.7 Å². The number of aliphatic hydroxyl groups excluding tert-OH is 3. The first-order chi connectivity index (χ1) is 24.1. The zero-order chi connectivity index (χ0) is 39.5. The van der Waals surface area contributed by atoms with Crippen molar-refractivity contribution in [1.29, 1.82) is 0 Å². The van der Waals surface area contributed by atoms with Gasteiger partial charge in [0, 0.05) is 44.9 Å². The van der Waals surface area contributed by atoms with E-state index in [1.54, 1.807) is 48.8 Å². The zero-order valence-electron chi connectivity index (χ0n) is 33.7. The van der Waals surface area contributed by atoms with Crippen LogP contribution in [0.25, 0.3) is 0 Å². The summed E-state index contributed by atoms with van der Waals surface area (Å²) in [6.07, 6.45) is -8.32. The molecule has 3 saturated heterocycles. The first-order valence-electron chi connectivity index (χ1n) is 19.0. The molecule has 0 radical (unpaired) electrons. The molecule has 14 heteroatoms. The highest BCUT2D eigenvalue weighted by Crippen LogP contribution is 2.41. The van der Waals surface area contributed by atoms with Crippen LogP contribution in [-0.2, 0) is 42.7 Å². The van der Waals surface area contributed by atoms with Crippen molar-refractivity contribution in [3.63, 3.8) is 0 Å². The first kappa shape index (κ1) is 45.1. The van der Waals surface area contributed by atoms with Crippen molar-refractivity contribution >= 4 is 11.8 Å². The largest absolute Gasteiger partial charge is 0.459 e. The van der Waals surface area contributed by atoms with Crippen molar-refractivity contribution < 1.29 is 63.2 Å². The maximum Gasteiger partial charge on any atom is 0.311 e. The van der Waals surface area contributed by atoms with Crippen LogP contribution in [0.4, 0.5) is 0 Å². The number of likely N-dealkylation sites (N-methyl/N-ethyl adjacent to an activating group) is 1. The lowest BCUT2D eigenvalue weighted by Gasteiger charge is -2.49. The predicted molar refractivity (Wildman–Crippen MR) is 191 cm³/mol. The van der Waals surface area contributed by atoms with E-state index >= 15 is 0 Å². The molecule has 18 atom stereocenters. The summed E-state index contributed by atoms with van der Waals surface area (Å²) in [7, 11) is 4.81. The average molecular weight is 748 g/mol. The van der Waals surface area contributed by atoms with E-state index in [9.17, 15) is 30.0 Å². The van der Waals surface area contributed by atoms with Crippen molar-refractivity contribution in [2.45, 2.75) is 186 Å². The molecule has 0 aromatic carbocycles. The number of hydrogen-bond donors (Lipinski definition) is 5. The molecule has 0 amide bonds. The number of carbonyl (C=O) groups is 2. The van der Waals surface area contributed by atoms with Crippen molar-refractivity contribution in [3.8, 4) is 0 Å².